The fourth-order valence-electron chi connectivity index (χ4n) is 4.22. The van der Waals surface area contributed by atoms with Crippen LogP contribution in [0.5, 0.6) is 0 Å². The Morgan fingerprint density at radius 1 is 1.17 bits per heavy atom. The summed E-state index contributed by atoms with van der Waals surface area (Å²) in [4.78, 5) is 37.7. The first-order valence-electron chi connectivity index (χ1n) is 9.68. The van der Waals surface area contributed by atoms with E-state index in [1.54, 1.807) is 6.07 Å². The van der Waals surface area contributed by atoms with Crippen LogP contribution < -0.4 is 5.32 Å². The van der Waals surface area contributed by atoms with E-state index >= 15 is 0 Å². The van der Waals surface area contributed by atoms with E-state index in [9.17, 15) is 18.8 Å². The van der Waals surface area contributed by atoms with Crippen molar-refractivity contribution in [3.05, 3.63) is 61.0 Å². The van der Waals surface area contributed by atoms with Gasteiger partial charge in [0.25, 0.3) is 0 Å². The summed E-state index contributed by atoms with van der Waals surface area (Å²) >= 11 is 0. The Kier molecular flexibility index (Phi) is 6.54. The van der Waals surface area contributed by atoms with Gasteiger partial charge in [-0.3, -0.25) is 4.79 Å². The predicted molar refractivity (Wildman–Crippen MR) is 104 cm³/mol. The minimum atomic E-state index is -1.41. The Balaban J connectivity index is 1.75. The summed E-state index contributed by atoms with van der Waals surface area (Å²) < 4.78 is 28.9. The molecule has 0 aliphatic heterocycles. The molecule has 1 aromatic carbocycles. The number of halogens is 1. The molecule has 0 bridgehead atoms. The number of fused-ring (bicyclic) bond motifs is 1. The highest BCUT2D eigenvalue weighted by Gasteiger charge is 2.72. The first-order valence-corrected chi connectivity index (χ1v) is 9.68. The molecule has 7 nitrogen and oxygen atoms in total. The Morgan fingerprint density at radius 2 is 1.90 bits per heavy atom. The maximum atomic E-state index is 13.4. The van der Waals surface area contributed by atoms with E-state index in [4.69, 9.17) is 14.2 Å². The lowest BCUT2D eigenvalue weighted by molar-refractivity contribution is -0.155. The smallest absolute Gasteiger partial charge is 0.408 e. The molecule has 2 aliphatic rings. The number of esters is 2. The summed E-state index contributed by atoms with van der Waals surface area (Å²) in [6.45, 7) is 6.87. The first kappa shape index (κ1) is 21.5. The van der Waals surface area contributed by atoms with E-state index in [1.165, 1.54) is 30.4 Å². The van der Waals surface area contributed by atoms with Crippen LogP contribution in [-0.2, 0) is 30.4 Å². The molecule has 0 unspecified atom stereocenters. The molecule has 160 valence electrons. The van der Waals surface area contributed by atoms with Crippen molar-refractivity contribution in [2.75, 3.05) is 13.2 Å². The number of nitrogens with one attached hydrogen (secondary N) is 1. The van der Waals surface area contributed by atoms with Gasteiger partial charge in [-0.15, -0.1) is 0 Å². The predicted octanol–water partition coefficient (Wildman–Crippen LogP) is 2.91. The summed E-state index contributed by atoms with van der Waals surface area (Å²) in [5.74, 6) is -2.63. The van der Waals surface area contributed by atoms with E-state index in [2.05, 4.69) is 18.5 Å². The molecule has 2 saturated carbocycles. The van der Waals surface area contributed by atoms with Crippen LogP contribution in [0.2, 0.25) is 0 Å². The van der Waals surface area contributed by atoms with E-state index in [1.807, 2.05) is 0 Å². The van der Waals surface area contributed by atoms with Gasteiger partial charge < -0.3 is 19.5 Å². The molecule has 2 aliphatic carbocycles. The number of benzene rings is 1. The highest BCUT2D eigenvalue weighted by molar-refractivity contribution is 5.90. The maximum absolute atomic E-state index is 13.4. The molecular weight excluding hydrogens is 393 g/mol. The van der Waals surface area contributed by atoms with Crippen molar-refractivity contribution in [1.29, 1.82) is 0 Å². The van der Waals surface area contributed by atoms with Crippen LogP contribution in [-0.4, -0.2) is 36.8 Å². The number of hydrogen-bond donors (Lipinski definition) is 1. The van der Waals surface area contributed by atoms with Crippen molar-refractivity contribution < 1.29 is 33.0 Å². The van der Waals surface area contributed by atoms with Gasteiger partial charge in [-0.1, -0.05) is 37.4 Å². The minimum absolute atomic E-state index is 0.0286. The number of hydrogen-bond acceptors (Lipinski definition) is 6. The van der Waals surface area contributed by atoms with Crippen LogP contribution in [0.4, 0.5) is 9.18 Å². The molecule has 0 radical (unpaired) electrons. The zero-order chi connectivity index (χ0) is 21.7. The van der Waals surface area contributed by atoms with Gasteiger partial charge in [-0.2, -0.15) is 0 Å². The third-order valence-corrected chi connectivity index (χ3v) is 5.51. The van der Waals surface area contributed by atoms with Crippen molar-refractivity contribution in [3.63, 3.8) is 0 Å². The number of ether oxygens (including phenoxy) is 3. The summed E-state index contributed by atoms with van der Waals surface area (Å²) in [6.07, 6.45) is 2.91. The Labute approximate surface area is 173 Å². The SMILES string of the molecule is C=CCOC(=O)N[C@@]1(C(=O)OCc2cccc(F)c2)CC[C@H]2[C@H](C(=O)OCC=C)[C@H]21. The van der Waals surface area contributed by atoms with Crippen molar-refractivity contribution in [3.8, 4) is 0 Å². The largest absolute Gasteiger partial charge is 0.461 e. The molecule has 4 atom stereocenters. The second-order valence-corrected chi connectivity index (χ2v) is 7.36. The van der Waals surface area contributed by atoms with Gasteiger partial charge in [-0.25, -0.2) is 14.0 Å². The molecule has 1 aromatic rings. The zero-order valence-corrected chi connectivity index (χ0v) is 16.5. The number of carbonyl (C=O) groups excluding carboxylic acids is 3. The molecular formula is C22H24FNO6. The van der Waals surface area contributed by atoms with Crippen LogP contribution in [0.3, 0.4) is 0 Å². The summed E-state index contributed by atoms with van der Waals surface area (Å²) in [5, 5.41) is 2.62. The Bertz CT molecular complexity index is 856. The lowest BCUT2D eigenvalue weighted by Gasteiger charge is -2.30. The highest BCUT2D eigenvalue weighted by Crippen LogP contribution is 2.63. The van der Waals surface area contributed by atoms with Gasteiger partial charge in [0, 0.05) is 5.92 Å². The average Bonchev–Trinajstić information content (AvgIpc) is 3.36. The molecule has 30 heavy (non-hydrogen) atoms. The lowest BCUT2D eigenvalue weighted by Crippen LogP contribution is -2.56. The zero-order valence-electron chi connectivity index (χ0n) is 16.5. The van der Waals surface area contributed by atoms with Gasteiger partial charge in [0.15, 0.2) is 0 Å². The van der Waals surface area contributed by atoms with Crippen LogP contribution in [0.1, 0.15) is 18.4 Å². The lowest BCUT2D eigenvalue weighted by atomic mass is 9.90. The molecule has 2 fully saturated rings. The molecule has 8 heteroatoms. The number of amides is 1. The van der Waals surface area contributed by atoms with Gasteiger partial charge in [0.2, 0.25) is 0 Å². The normalized spacial score (nSPS) is 26.1. The van der Waals surface area contributed by atoms with Crippen molar-refractivity contribution in [2.45, 2.75) is 25.0 Å². The van der Waals surface area contributed by atoms with Crippen molar-refractivity contribution >= 4 is 18.0 Å². The monoisotopic (exact) mass is 417 g/mol. The second kappa shape index (κ2) is 9.11. The Hall–Kier alpha value is -3.16. The van der Waals surface area contributed by atoms with Crippen LogP contribution in [0.15, 0.2) is 49.6 Å². The van der Waals surface area contributed by atoms with Crippen molar-refractivity contribution in [1.82, 2.24) is 5.32 Å². The second-order valence-electron chi connectivity index (χ2n) is 7.36. The number of alkyl carbamates (subject to hydrolysis) is 1. The Morgan fingerprint density at radius 3 is 2.60 bits per heavy atom. The molecule has 0 saturated heterocycles. The maximum Gasteiger partial charge on any atom is 0.408 e. The van der Waals surface area contributed by atoms with Gasteiger partial charge in [0.1, 0.15) is 31.2 Å². The summed E-state index contributed by atoms with van der Waals surface area (Å²) in [7, 11) is 0. The third kappa shape index (κ3) is 4.37. The molecule has 0 aromatic heterocycles. The molecule has 0 spiro atoms. The summed E-state index contributed by atoms with van der Waals surface area (Å²) in [6, 6.07) is 5.68. The average molecular weight is 417 g/mol. The van der Waals surface area contributed by atoms with Gasteiger partial charge in [0.05, 0.1) is 5.92 Å². The van der Waals surface area contributed by atoms with E-state index < -0.39 is 41.2 Å². The fourth-order valence-corrected chi connectivity index (χ4v) is 4.22. The van der Waals surface area contributed by atoms with Crippen molar-refractivity contribution in [2.24, 2.45) is 17.8 Å². The van der Waals surface area contributed by atoms with Crippen LogP contribution >= 0.6 is 0 Å². The molecule has 1 N–H and O–H groups in total. The molecule has 3 rings (SSSR count). The molecule has 0 heterocycles. The van der Waals surface area contributed by atoms with Crippen LogP contribution in [0.25, 0.3) is 0 Å². The molecule has 1 amide bonds. The number of carbonyl (C=O) groups is 3. The van der Waals surface area contributed by atoms with E-state index in [0.29, 0.717) is 18.4 Å². The first-order chi connectivity index (χ1) is 14.4. The quantitative estimate of drug-likeness (QED) is 0.377. The van der Waals surface area contributed by atoms with E-state index in [0.717, 1.165) is 0 Å². The van der Waals surface area contributed by atoms with Gasteiger partial charge in [-0.05, 0) is 36.5 Å². The fraction of sp³-hybridized carbons (Fsp3) is 0.409. The third-order valence-electron chi connectivity index (χ3n) is 5.51. The summed E-state index contributed by atoms with van der Waals surface area (Å²) in [5.41, 5.74) is -0.936. The topological polar surface area (TPSA) is 90.9 Å². The van der Waals surface area contributed by atoms with E-state index in [-0.39, 0.29) is 25.7 Å². The van der Waals surface area contributed by atoms with Crippen LogP contribution in [0, 0.1) is 23.6 Å². The van der Waals surface area contributed by atoms with Gasteiger partial charge >= 0.3 is 18.0 Å². The number of rotatable bonds is 9. The minimum Gasteiger partial charge on any atom is -0.461 e. The highest BCUT2D eigenvalue weighted by atomic mass is 19.1. The standard InChI is InChI=1S/C22H24FNO6/c1-3-10-28-19(25)17-16-8-9-22(18(16)17,24-21(27)29-11-4-2)20(26)30-13-14-6-5-7-15(23)12-14/h3-7,12,16-18H,1-2,8-11,13H2,(H,24,27)/t16-,17-,18-,22-/m0/s1.